The number of carbonyl (C=O) groups is 1. The zero-order valence-electron chi connectivity index (χ0n) is 14.1. The van der Waals surface area contributed by atoms with Crippen LogP contribution in [-0.2, 0) is 5.54 Å². The number of benzene rings is 1. The Morgan fingerprint density at radius 2 is 2.00 bits per heavy atom. The Morgan fingerprint density at radius 3 is 2.57 bits per heavy atom. The quantitative estimate of drug-likeness (QED) is 0.847. The molecule has 2 aromatic rings. The summed E-state index contributed by atoms with van der Waals surface area (Å²) in [6.07, 6.45) is 2.28. The smallest absolute Gasteiger partial charge is 0.274 e. The number of rotatable bonds is 3. The molecule has 0 bridgehead atoms. The molecular weight excluding hydrogens is 290 g/mol. The Kier molecular flexibility index (Phi) is 3.66. The van der Waals surface area contributed by atoms with Crippen molar-refractivity contribution < 1.29 is 9.90 Å². The second-order valence-electron chi connectivity index (χ2n) is 7.29. The molecule has 1 aliphatic carbocycles. The summed E-state index contributed by atoms with van der Waals surface area (Å²) in [5.41, 5.74) is 2.58. The first-order valence-electron chi connectivity index (χ1n) is 7.97. The van der Waals surface area contributed by atoms with Crippen molar-refractivity contribution in [3.8, 4) is 5.75 Å². The van der Waals surface area contributed by atoms with Crippen LogP contribution in [0.5, 0.6) is 5.75 Å². The number of hydrogen-bond acceptors (Lipinski definition) is 3. The first kappa shape index (κ1) is 15.6. The zero-order chi connectivity index (χ0) is 16.8. The molecule has 1 heterocycles. The fraction of sp³-hybridized carbons (Fsp3) is 0.444. The third kappa shape index (κ3) is 3.23. The number of aromatic hydroxyl groups is 1. The number of aryl methyl sites for hydroxylation is 1. The second-order valence-corrected chi connectivity index (χ2v) is 7.29. The molecule has 0 aliphatic heterocycles. The lowest BCUT2D eigenvalue weighted by Crippen LogP contribution is -2.29. The lowest BCUT2D eigenvalue weighted by atomic mass is 10.1. The van der Waals surface area contributed by atoms with Gasteiger partial charge in [-0.3, -0.25) is 9.48 Å². The number of amides is 1. The van der Waals surface area contributed by atoms with E-state index in [2.05, 4.69) is 10.4 Å². The zero-order valence-corrected chi connectivity index (χ0v) is 14.1. The Morgan fingerprint density at radius 1 is 1.30 bits per heavy atom. The SMILES string of the molecule is Cc1ccc(NC(=O)c2cc(C3CC3)nn2C(C)(C)C)c(O)c1. The number of hydrogen-bond donors (Lipinski definition) is 2. The highest BCUT2D eigenvalue weighted by Crippen LogP contribution is 2.40. The normalized spacial score (nSPS) is 14.8. The standard InChI is InChI=1S/C18H23N3O2/c1-11-5-8-13(16(22)9-11)19-17(23)15-10-14(12-6-7-12)20-21(15)18(2,3)4/h5,8-10,12,22H,6-7H2,1-4H3,(H,19,23). The van der Waals surface area contributed by atoms with Crippen LogP contribution in [-0.4, -0.2) is 20.8 Å². The molecule has 1 saturated carbocycles. The summed E-state index contributed by atoms with van der Waals surface area (Å²) in [7, 11) is 0. The van der Waals surface area contributed by atoms with Gasteiger partial charge in [0.2, 0.25) is 0 Å². The topological polar surface area (TPSA) is 67.2 Å². The van der Waals surface area contributed by atoms with Gasteiger partial charge < -0.3 is 10.4 Å². The lowest BCUT2D eigenvalue weighted by molar-refractivity contribution is 0.100. The number of phenolic OH excluding ortho intramolecular Hbond substituents is 1. The first-order chi connectivity index (χ1) is 10.8. The van der Waals surface area contributed by atoms with Crippen LogP contribution in [0.3, 0.4) is 0 Å². The van der Waals surface area contributed by atoms with E-state index in [1.165, 1.54) is 0 Å². The van der Waals surface area contributed by atoms with E-state index < -0.39 is 0 Å². The maximum atomic E-state index is 12.7. The maximum Gasteiger partial charge on any atom is 0.274 e. The van der Waals surface area contributed by atoms with E-state index in [1.54, 1.807) is 16.8 Å². The van der Waals surface area contributed by atoms with Gasteiger partial charge in [0.15, 0.2) is 0 Å². The van der Waals surface area contributed by atoms with Gasteiger partial charge in [-0.25, -0.2) is 0 Å². The molecule has 5 nitrogen and oxygen atoms in total. The van der Waals surface area contributed by atoms with Crippen molar-refractivity contribution in [2.24, 2.45) is 0 Å². The Labute approximate surface area is 136 Å². The van der Waals surface area contributed by atoms with Crippen molar-refractivity contribution in [3.63, 3.8) is 0 Å². The lowest BCUT2D eigenvalue weighted by Gasteiger charge is -2.22. The molecule has 0 spiro atoms. The van der Waals surface area contributed by atoms with Crippen LogP contribution in [0.1, 0.15) is 61.3 Å². The van der Waals surface area contributed by atoms with Gasteiger partial charge in [-0.2, -0.15) is 5.10 Å². The number of nitrogens with zero attached hydrogens (tertiary/aromatic N) is 2. The summed E-state index contributed by atoms with van der Waals surface area (Å²) in [4.78, 5) is 12.7. The minimum atomic E-state index is -0.283. The highest BCUT2D eigenvalue weighted by molar-refractivity contribution is 6.04. The molecule has 0 unspecified atom stereocenters. The van der Waals surface area contributed by atoms with E-state index in [1.807, 2.05) is 39.8 Å². The highest BCUT2D eigenvalue weighted by Gasteiger charge is 2.31. The predicted molar refractivity (Wildman–Crippen MR) is 90.0 cm³/mol. The minimum Gasteiger partial charge on any atom is -0.506 e. The molecular formula is C18H23N3O2. The van der Waals surface area contributed by atoms with Gasteiger partial charge in [0.05, 0.1) is 16.9 Å². The van der Waals surface area contributed by atoms with E-state index in [0.29, 0.717) is 17.3 Å². The maximum absolute atomic E-state index is 12.7. The van der Waals surface area contributed by atoms with Gasteiger partial charge >= 0.3 is 0 Å². The summed E-state index contributed by atoms with van der Waals surface area (Å²) < 4.78 is 1.78. The number of nitrogens with one attached hydrogen (secondary N) is 1. The average Bonchev–Trinajstić information content (AvgIpc) is 3.19. The van der Waals surface area contributed by atoms with Crippen molar-refractivity contribution in [2.45, 2.75) is 52.0 Å². The monoisotopic (exact) mass is 313 g/mol. The predicted octanol–water partition coefficient (Wildman–Crippen LogP) is 3.78. The van der Waals surface area contributed by atoms with Crippen molar-refractivity contribution in [1.29, 1.82) is 0 Å². The fourth-order valence-electron chi connectivity index (χ4n) is 2.58. The molecule has 0 radical (unpaired) electrons. The number of anilines is 1. The molecule has 1 aromatic carbocycles. The van der Waals surface area contributed by atoms with E-state index in [-0.39, 0.29) is 17.2 Å². The van der Waals surface area contributed by atoms with Crippen LogP contribution >= 0.6 is 0 Å². The van der Waals surface area contributed by atoms with Crippen molar-refractivity contribution in [2.75, 3.05) is 5.32 Å². The van der Waals surface area contributed by atoms with Crippen LogP contribution in [0, 0.1) is 6.92 Å². The third-order valence-corrected chi connectivity index (χ3v) is 3.99. The average molecular weight is 313 g/mol. The number of carbonyl (C=O) groups excluding carboxylic acids is 1. The molecule has 0 atom stereocenters. The van der Waals surface area contributed by atoms with Gasteiger partial charge in [0.1, 0.15) is 11.4 Å². The van der Waals surface area contributed by atoms with E-state index in [4.69, 9.17) is 0 Å². The number of phenols is 1. The van der Waals surface area contributed by atoms with Gasteiger partial charge in [0.25, 0.3) is 5.91 Å². The molecule has 0 saturated heterocycles. The Balaban J connectivity index is 1.92. The van der Waals surface area contributed by atoms with Crippen LogP contribution in [0.4, 0.5) is 5.69 Å². The molecule has 5 heteroatoms. The fourth-order valence-corrected chi connectivity index (χ4v) is 2.58. The summed E-state index contributed by atoms with van der Waals surface area (Å²) in [5, 5.41) is 17.4. The van der Waals surface area contributed by atoms with Crippen LogP contribution in [0.15, 0.2) is 24.3 Å². The highest BCUT2D eigenvalue weighted by atomic mass is 16.3. The molecule has 122 valence electrons. The molecule has 2 N–H and O–H groups in total. The summed E-state index contributed by atoms with van der Waals surface area (Å²) in [6.45, 7) is 7.96. The Hall–Kier alpha value is -2.30. The largest absolute Gasteiger partial charge is 0.506 e. The molecule has 1 aliphatic rings. The van der Waals surface area contributed by atoms with E-state index >= 15 is 0 Å². The van der Waals surface area contributed by atoms with Crippen LogP contribution in [0.25, 0.3) is 0 Å². The van der Waals surface area contributed by atoms with Crippen LogP contribution in [0.2, 0.25) is 0 Å². The molecule has 23 heavy (non-hydrogen) atoms. The van der Waals surface area contributed by atoms with Gasteiger partial charge in [-0.05, 0) is 64.3 Å². The molecule has 1 aromatic heterocycles. The van der Waals surface area contributed by atoms with Gasteiger partial charge in [0, 0.05) is 5.92 Å². The summed E-state index contributed by atoms with van der Waals surface area (Å²) in [5.74, 6) is 0.305. The number of aromatic nitrogens is 2. The molecule has 3 rings (SSSR count). The summed E-state index contributed by atoms with van der Waals surface area (Å²) >= 11 is 0. The van der Waals surface area contributed by atoms with Gasteiger partial charge in [-0.1, -0.05) is 6.07 Å². The molecule has 1 fully saturated rings. The Bertz CT molecular complexity index is 752. The second kappa shape index (κ2) is 5.41. The van der Waals surface area contributed by atoms with Gasteiger partial charge in [-0.15, -0.1) is 0 Å². The van der Waals surface area contributed by atoms with E-state index in [0.717, 1.165) is 24.1 Å². The molecule has 1 amide bonds. The van der Waals surface area contributed by atoms with Crippen molar-refractivity contribution >= 4 is 11.6 Å². The van der Waals surface area contributed by atoms with Crippen molar-refractivity contribution in [1.82, 2.24) is 9.78 Å². The van der Waals surface area contributed by atoms with E-state index in [9.17, 15) is 9.90 Å². The summed E-state index contributed by atoms with van der Waals surface area (Å²) in [6, 6.07) is 7.07. The third-order valence-electron chi connectivity index (χ3n) is 3.99. The minimum absolute atomic E-state index is 0.0718. The first-order valence-corrected chi connectivity index (χ1v) is 7.97. The van der Waals surface area contributed by atoms with Crippen molar-refractivity contribution in [3.05, 3.63) is 41.2 Å². The van der Waals surface area contributed by atoms with Crippen LogP contribution < -0.4 is 5.32 Å².